The van der Waals surface area contributed by atoms with Crippen molar-refractivity contribution in [2.75, 3.05) is 6.61 Å². The SMILES string of the molecule is OC[C@H]1CC[C@H](O)[C@@H](O)[C@@H]1O. The van der Waals surface area contributed by atoms with E-state index in [4.69, 9.17) is 15.3 Å². The zero-order valence-electron chi connectivity index (χ0n) is 6.22. The molecule has 1 aliphatic rings. The molecule has 11 heavy (non-hydrogen) atoms. The Hall–Kier alpha value is -0.160. The van der Waals surface area contributed by atoms with Crippen LogP contribution >= 0.6 is 0 Å². The molecule has 0 radical (unpaired) electrons. The molecule has 0 spiro atoms. The van der Waals surface area contributed by atoms with Crippen LogP contribution in [0.4, 0.5) is 0 Å². The third-order valence-electron chi connectivity index (χ3n) is 2.29. The van der Waals surface area contributed by atoms with Crippen molar-refractivity contribution in [2.45, 2.75) is 31.2 Å². The lowest BCUT2D eigenvalue weighted by molar-refractivity contribution is -0.118. The fourth-order valence-electron chi connectivity index (χ4n) is 1.43. The summed E-state index contributed by atoms with van der Waals surface area (Å²) in [7, 11) is 0. The second-order valence-corrected chi connectivity index (χ2v) is 3.07. The summed E-state index contributed by atoms with van der Waals surface area (Å²) >= 11 is 0. The first-order valence-electron chi connectivity index (χ1n) is 3.82. The van der Waals surface area contributed by atoms with Gasteiger partial charge in [0.2, 0.25) is 0 Å². The number of rotatable bonds is 1. The van der Waals surface area contributed by atoms with E-state index in [9.17, 15) is 5.11 Å². The van der Waals surface area contributed by atoms with E-state index in [2.05, 4.69) is 0 Å². The molecule has 66 valence electrons. The van der Waals surface area contributed by atoms with Gasteiger partial charge >= 0.3 is 0 Å². The minimum absolute atomic E-state index is 0.134. The first-order chi connectivity index (χ1) is 5.16. The minimum Gasteiger partial charge on any atom is -0.396 e. The molecule has 0 aliphatic heterocycles. The van der Waals surface area contributed by atoms with Crippen LogP contribution < -0.4 is 0 Å². The molecule has 1 saturated carbocycles. The van der Waals surface area contributed by atoms with Crippen molar-refractivity contribution in [2.24, 2.45) is 5.92 Å². The molecule has 4 nitrogen and oxygen atoms in total. The molecular formula is C7H14O4. The van der Waals surface area contributed by atoms with Gasteiger partial charge in [-0.15, -0.1) is 0 Å². The van der Waals surface area contributed by atoms with Gasteiger partial charge in [0.25, 0.3) is 0 Å². The van der Waals surface area contributed by atoms with E-state index >= 15 is 0 Å². The highest BCUT2D eigenvalue weighted by atomic mass is 16.4. The maximum absolute atomic E-state index is 9.24. The van der Waals surface area contributed by atoms with Crippen LogP contribution in [0.15, 0.2) is 0 Å². The lowest BCUT2D eigenvalue weighted by Gasteiger charge is -2.33. The summed E-state index contributed by atoms with van der Waals surface area (Å²) in [5.41, 5.74) is 0. The molecular weight excluding hydrogens is 148 g/mol. The van der Waals surface area contributed by atoms with E-state index in [1.165, 1.54) is 0 Å². The monoisotopic (exact) mass is 162 g/mol. The summed E-state index contributed by atoms with van der Waals surface area (Å²) in [6.45, 7) is -0.134. The molecule has 0 bridgehead atoms. The Morgan fingerprint density at radius 2 is 1.64 bits per heavy atom. The van der Waals surface area contributed by atoms with Crippen molar-refractivity contribution >= 4 is 0 Å². The van der Waals surface area contributed by atoms with Crippen LogP contribution in [0.25, 0.3) is 0 Å². The molecule has 1 aliphatic carbocycles. The van der Waals surface area contributed by atoms with Gasteiger partial charge < -0.3 is 20.4 Å². The fourth-order valence-corrected chi connectivity index (χ4v) is 1.43. The Bertz CT molecular complexity index is 126. The van der Waals surface area contributed by atoms with Crippen LogP contribution in [0, 0.1) is 5.92 Å². The van der Waals surface area contributed by atoms with Crippen LogP contribution in [0.3, 0.4) is 0 Å². The van der Waals surface area contributed by atoms with Crippen molar-refractivity contribution in [1.29, 1.82) is 0 Å². The van der Waals surface area contributed by atoms with Gasteiger partial charge in [0.1, 0.15) is 6.10 Å². The highest BCUT2D eigenvalue weighted by Crippen LogP contribution is 2.24. The second kappa shape index (κ2) is 3.49. The normalized spacial score (nSPS) is 45.8. The highest BCUT2D eigenvalue weighted by molar-refractivity contribution is 4.86. The molecule has 0 aromatic rings. The van der Waals surface area contributed by atoms with Crippen LogP contribution in [0.2, 0.25) is 0 Å². The topological polar surface area (TPSA) is 80.9 Å². The molecule has 0 amide bonds. The number of aliphatic hydroxyl groups excluding tert-OH is 4. The highest BCUT2D eigenvalue weighted by Gasteiger charge is 2.35. The third-order valence-corrected chi connectivity index (χ3v) is 2.29. The van der Waals surface area contributed by atoms with Gasteiger partial charge in [0.05, 0.1) is 12.2 Å². The average Bonchev–Trinajstić information content (AvgIpc) is 2.01. The molecule has 1 rings (SSSR count). The molecule has 1 fully saturated rings. The molecule has 0 aromatic heterocycles. The first-order valence-corrected chi connectivity index (χ1v) is 3.82. The minimum atomic E-state index is -1.10. The quantitative estimate of drug-likeness (QED) is 0.377. The smallest absolute Gasteiger partial charge is 0.106 e. The number of aliphatic hydroxyl groups is 4. The maximum Gasteiger partial charge on any atom is 0.106 e. The van der Waals surface area contributed by atoms with Gasteiger partial charge in [-0.25, -0.2) is 0 Å². The summed E-state index contributed by atoms with van der Waals surface area (Å²) in [6.07, 6.45) is -1.91. The van der Waals surface area contributed by atoms with E-state index in [0.29, 0.717) is 12.8 Å². The van der Waals surface area contributed by atoms with Crippen molar-refractivity contribution in [1.82, 2.24) is 0 Å². The van der Waals surface area contributed by atoms with Gasteiger partial charge in [-0.1, -0.05) is 0 Å². The molecule has 4 N–H and O–H groups in total. The molecule has 0 unspecified atom stereocenters. The van der Waals surface area contributed by atoms with Gasteiger partial charge in [-0.2, -0.15) is 0 Å². The van der Waals surface area contributed by atoms with Gasteiger partial charge in [-0.05, 0) is 12.8 Å². The fraction of sp³-hybridized carbons (Fsp3) is 1.00. The van der Waals surface area contributed by atoms with Crippen LogP contribution in [-0.4, -0.2) is 45.3 Å². The lowest BCUT2D eigenvalue weighted by Crippen LogP contribution is -2.47. The standard InChI is InChI=1S/C7H14O4/c8-3-4-1-2-5(9)7(11)6(4)10/h4-11H,1-3H2/t4-,5+,6-,7-/m1/s1. The Morgan fingerprint density at radius 3 is 2.18 bits per heavy atom. The Morgan fingerprint density at radius 1 is 1.00 bits per heavy atom. The van der Waals surface area contributed by atoms with E-state index in [-0.39, 0.29) is 12.5 Å². The predicted molar refractivity (Wildman–Crippen MR) is 37.8 cm³/mol. The Balaban J connectivity index is 2.52. The maximum atomic E-state index is 9.24. The first kappa shape index (κ1) is 8.93. The van der Waals surface area contributed by atoms with Crippen molar-refractivity contribution in [3.8, 4) is 0 Å². The van der Waals surface area contributed by atoms with Crippen molar-refractivity contribution in [3.63, 3.8) is 0 Å². The average molecular weight is 162 g/mol. The summed E-state index contributed by atoms with van der Waals surface area (Å²) in [6, 6.07) is 0. The Kier molecular flexibility index (Phi) is 2.84. The number of hydrogen-bond donors (Lipinski definition) is 4. The second-order valence-electron chi connectivity index (χ2n) is 3.07. The van der Waals surface area contributed by atoms with E-state index in [1.54, 1.807) is 0 Å². The van der Waals surface area contributed by atoms with E-state index < -0.39 is 18.3 Å². The summed E-state index contributed by atoms with van der Waals surface area (Å²) in [4.78, 5) is 0. The summed E-state index contributed by atoms with van der Waals surface area (Å²) < 4.78 is 0. The molecule has 4 heteroatoms. The summed E-state index contributed by atoms with van der Waals surface area (Å²) in [5.74, 6) is -0.284. The molecule has 4 atom stereocenters. The van der Waals surface area contributed by atoms with Gasteiger partial charge in [0.15, 0.2) is 0 Å². The van der Waals surface area contributed by atoms with E-state index in [1.807, 2.05) is 0 Å². The zero-order chi connectivity index (χ0) is 8.43. The zero-order valence-corrected chi connectivity index (χ0v) is 6.22. The molecule has 0 heterocycles. The van der Waals surface area contributed by atoms with Gasteiger partial charge in [-0.3, -0.25) is 0 Å². The molecule has 0 aromatic carbocycles. The third kappa shape index (κ3) is 1.70. The van der Waals surface area contributed by atoms with Crippen molar-refractivity contribution in [3.05, 3.63) is 0 Å². The predicted octanol–water partition coefficient (Wildman–Crippen LogP) is -1.53. The Labute approximate surface area is 65.1 Å². The molecule has 0 saturated heterocycles. The van der Waals surface area contributed by atoms with Crippen molar-refractivity contribution < 1.29 is 20.4 Å². The van der Waals surface area contributed by atoms with Gasteiger partial charge in [0, 0.05) is 12.5 Å². The summed E-state index contributed by atoms with van der Waals surface area (Å²) in [5, 5.41) is 36.2. The van der Waals surface area contributed by atoms with Crippen LogP contribution in [0.5, 0.6) is 0 Å². The lowest BCUT2D eigenvalue weighted by atomic mass is 9.83. The largest absolute Gasteiger partial charge is 0.396 e. The van der Waals surface area contributed by atoms with Crippen LogP contribution in [0.1, 0.15) is 12.8 Å². The van der Waals surface area contributed by atoms with Crippen LogP contribution in [-0.2, 0) is 0 Å². The number of hydrogen-bond acceptors (Lipinski definition) is 4. The van der Waals surface area contributed by atoms with E-state index in [0.717, 1.165) is 0 Å².